The summed E-state index contributed by atoms with van der Waals surface area (Å²) in [6.07, 6.45) is 3.72. The molecule has 4 heteroatoms. The molecule has 0 fully saturated rings. The summed E-state index contributed by atoms with van der Waals surface area (Å²) in [6, 6.07) is 0. The standard InChI is InChI=1S/C7H9.C2H7Si.2ClH.Zr/c1-6-3-4-7(2)5-6;1-3-2;;;/h5H,3H2,1-2H3;3H,1-2H3;2*1H;/q;;;;+2/p-2. The van der Waals surface area contributed by atoms with Gasteiger partial charge in [-0.05, 0) is 0 Å². The van der Waals surface area contributed by atoms with Gasteiger partial charge in [0.05, 0.1) is 0 Å². The zero-order chi connectivity index (χ0) is 8.43. The van der Waals surface area contributed by atoms with Crippen LogP contribution in [0.15, 0.2) is 20.5 Å². The van der Waals surface area contributed by atoms with Crippen LogP contribution < -0.4 is 24.8 Å². The van der Waals surface area contributed by atoms with Gasteiger partial charge in [-0.15, -0.1) is 0 Å². The Bertz CT molecular complexity index is 222. The second-order valence-corrected chi connectivity index (χ2v) is 18.4. The van der Waals surface area contributed by atoms with Crippen LogP contribution >= 0.6 is 0 Å². The van der Waals surface area contributed by atoms with E-state index >= 15 is 0 Å². The largest absolute Gasteiger partial charge is 1.00 e. The van der Waals surface area contributed by atoms with E-state index in [-0.39, 0.29) is 53.1 Å². The Morgan fingerprint density at radius 3 is 2.08 bits per heavy atom. The molecule has 0 atom stereocenters. The van der Waals surface area contributed by atoms with Crippen molar-refractivity contribution in [2.75, 3.05) is 0 Å². The molecule has 1 aliphatic rings. The average molecular weight is 314 g/mol. The molecule has 1 rings (SSSR count). The third-order valence-corrected chi connectivity index (χ3v) is 11.0. The summed E-state index contributed by atoms with van der Waals surface area (Å²) in [5, 5.41) is 0. The molecule has 0 N–H and O–H groups in total. The number of halogens is 2. The van der Waals surface area contributed by atoms with Crippen LogP contribution in [0.25, 0.3) is 0 Å². The van der Waals surface area contributed by atoms with Crippen LogP contribution in [-0.4, -0.2) is 5.92 Å². The summed E-state index contributed by atoms with van der Waals surface area (Å²) >= 11 is -0.0606. The molecule has 1 aliphatic carbocycles. The first-order valence-corrected chi connectivity index (χ1v) is 12.6. The molecule has 0 aromatic heterocycles. The van der Waals surface area contributed by atoms with E-state index in [4.69, 9.17) is 0 Å². The Morgan fingerprint density at radius 2 is 1.77 bits per heavy atom. The number of allylic oxidation sites excluding steroid dienone is 4. The molecule has 0 saturated heterocycles. The third kappa shape index (κ3) is 5.57. The molecule has 13 heavy (non-hydrogen) atoms. The predicted molar refractivity (Wildman–Crippen MR) is 50.0 cm³/mol. The quantitative estimate of drug-likeness (QED) is 0.468. The molecule has 0 unspecified atom stereocenters. The maximum Gasteiger partial charge on any atom is -1.00 e. The van der Waals surface area contributed by atoms with Gasteiger partial charge >= 0.3 is 82.2 Å². The van der Waals surface area contributed by atoms with Crippen LogP contribution in [-0.2, 0) is 22.4 Å². The number of hydrogen-bond acceptors (Lipinski definition) is 0. The van der Waals surface area contributed by atoms with Crippen molar-refractivity contribution >= 4 is 5.92 Å². The van der Waals surface area contributed by atoms with Crippen molar-refractivity contribution < 1.29 is 47.2 Å². The van der Waals surface area contributed by atoms with Crippen LogP contribution in [0.1, 0.15) is 20.3 Å². The first kappa shape index (κ1) is 16.6. The minimum atomic E-state index is -0.211. The van der Waals surface area contributed by atoms with Crippen LogP contribution in [0, 0.1) is 0 Å². The summed E-state index contributed by atoms with van der Waals surface area (Å²) in [5.41, 5.74) is 3.21. The second-order valence-electron chi connectivity index (χ2n) is 3.63. The van der Waals surface area contributed by atoms with Crippen molar-refractivity contribution in [3.05, 3.63) is 20.5 Å². The molecule has 0 bridgehead atoms. The maximum atomic E-state index is 2.50. The second kappa shape index (κ2) is 7.45. The molecule has 0 aromatic rings. The summed E-state index contributed by atoms with van der Waals surface area (Å²) < 4.78 is 1.88. The van der Waals surface area contributed by atoms with E-state index in [1.807, 2.05) is 3.28 Å². The molecule has 0 aliphatic heterocycles. The Kier molecular flexibility index (Phi) is 9.51. The minimum absolute atomic E-state index is 0. The summed E-state index contributed by atoms with van der Waals surface area (Å²) in [6.45, 7) is 9.56. The van der Waals surface area contributed by atoms with E-state index < -0.39 is 0 Å². The van der Waals surface area contributed by atoms with E-state index in [1.54, 1.807) is 11.1 Å². The van der Waals surface area contributed by atoms with Crippen LogP contribution in [0.2, 0.25) is 13.1 Å². The molecule has 0 heterocycles. The van der Waals surface area contributed by atoms with Crippen LogP contribution in [0.5, 0.6) is 0 Å². The molecular weight excluding hydrogens is 298 g/mol. The fourth-order valence-corrected chi connectivity index (χ4v) is 10.9. The van der Waals surface area contributed by atoms with Crippen molar-refractivity contribution in [2.24, 2.45) is 0 Å². The monoisotopic (exact) mass is 312 g/mol. The summed E-state index contributed by atoms with van der Waals surface area (Å²) in [7, 11) is 0. The maximum absolute atomic E-state index is 2.50. The molecule has 0 radical (unpaired) electrons. The van der Waals surface area contributed by atoms with E-state index in [0.29, 0.717) is 0 Å². The van der Waals surface area contributed by atoms with Gasteiger partial charge in [0.15, 0.2) is 0 Å². The van der Waals surface area contributed by atoms with E-state index in [9.17, 15) is 0 Å². The zero-order valence-electron chi connectivity index (χ0n) is 8.62. The Labute approximate surface area is 106 Å². The van der Waals surface area contributed by atoms with Crippen molar-refractivity contribution in [2.45, 2.75) is 33.4 Å². The first-order chi connectivity index (χ1) is 5.09. The third-order valence-electron chi connectivity index (χ3n) is 1.86. The Morgan fingerprint density at radius 1 is 1.23 bits per heavy atom. The number of hydrogen-bond donors (Lipinski definition) is 0. The van der Waals surface area contributed by atoms with Gasteiger partial charge in [-0.2, -0.15) is 0 Å². The van der Waals surface area contributed by atoms with Crippen LogP contribution in [0.3, 0.4) is 0 Å². The van der Waals surface area contributed by atoms with Gasteiger partial charge in [0.25, 0.3) is 0 Å². The predicted octanol–water partition coefficient (Wildman–Crippen LogP) is -3.32. The van der Waals surface area contributed by atoms with Gasteiger partial charge in [0, 0.05) is 0 Å². The van der Waals surface area contributed by atoms with Crippen LogP contribution in [0.4, 0.5) is 0 Å². The van der Waals surface area contributed by atoms with Gasteiger partial charge in [0.2, 0.25) is 0 Å². The van der Waals surface area contributed by atoms with Gasteiger partial charge in [-0.25, -0.2) is 0 Å². The topological polar surface area (TPSA) is 0 Å². The first-order valence-electron chi connectivity index (χ1n) is 4.23. The van der Waals surface area contributed by atoms with Crippen molar-refractivity contribution in [1.82, 2.24) is 0 Å². The SMILES string of the molecule is CC1=CC(C)=[C]([Zr+2][SiH](C)C)C1.[Cl-].[Cl-]. The molecule has 74 valence electrons. The van der Waals surface area contributed by atoms with Crippen molar-refractivity contribution in [3.63, 3.8) is 0 Å². The number of rotatable bonds is 2. The van der Waals surface area contributed by atoms with E-state index in [1.165, 1.54) is 6.42 Å². The Hall–Kier alpha value is 1.16. The smallest absolute Gasteiger partial charge is 1.00 e. The molecule has 0 amide bonds. The van der Waals surface area contributed by atoms with Gasteiger partial charge < -0.3 is 24.8 Å². The molecular formula is C9H16Cl2SiZr. The van der Waals surface area contributed by atoms with E-state index in [0.717, 1.165) is 0 Å². The average Bonchev–Trinajstić information content (AvgIpc) is 2.09. The minimum Gasteiger partial charge on any atom is -1.00 e. The molecule has 0 saturated carbocycles. The van der Waals surface area contributed by atoms with Gasteiger partial charge in [0.1, 0.15) is 0 Å². The Balaban J connectivity index is 0. The van der Waals surface area contributed by atoms with Gasteiger partial charge in [-0.3, -0.25) is 0 Å². The fraction of sp³-hybridized carbons (Fsp3) is 0.556. The molecule has 0 nitrogen and oxygen atoms in total. The summed E-state index contributed by atoms with van der Waals surface area (Å²) in [5.74, 6) is -0.211. The normalized spacial score (nSPS) is 14.7. The molecule has 0 aromatic carbocycles. The summed E-state index contributed by atoms with van der Waals surface area (Å²) in [4.78, 5) is 0. The fourth-order valence-electron chi connectivity index (χ4n) is 1.44. The zero-order valence-corrected chi connectivity index (χ0v) is 13.7. The molecule has 0 spiro atoms. The van der Waals surface area contributed by atoms with Crippen molar-refractivity contribution in [3.8, 4) is 0 Å². The van der Waals surface area contributed by atoms with E-state index in [2.05, 4.69) is 33.0 Å². The van der Waals surface area contributed by atoms with Gasteiger partial charge in [-0.1, -0.05) is 0 Å². The van der Waals surface area contributed by atoms with Crippen molar-refractivity contribution in [1.29, 1.82) is 0 Å².